The van der Waals surface area contributed by atoms with Crippen LogP contribution >= 0.6 is 7.60 Å². The number of esters is 1. The molecule has 3 rings (SSSR count). The van der Waals surface area contributed by atoms with E-state index in [4.69, 9.17) is 24.3 Å². The Morgan fingerprint density at radius 3 is 2.58 bits per heavy atom. The Kier molecular flexibility index (Phi) is 9.24. The first-order valence-electron chi connectivity index (χ1n) is 11.6. The van der Waals surface area contributed by atoms with Crippen LogP contribution in [0.2, 0.25) is 0 Å². The lowest BCUT2D eigenvalue weighted by Gasteiger charge is -2.26. The number of anilines is 1. The molecule has 1 aliphatic heterocycles. The summed E-state index contributed by atoms with van der Waals surface area (Å²) in [4.78, 5) is 27.7. The van der Waals surface area contributed by atoms with Gasteiger partial charge in [0.15, 0.2) is 17.9 Å². The predicted octanol–water partition coefficient (Wildman–Crippen LogP) is 2.78. The third-order valence-electron chi connectivity index (χ3n) is 5.62. The Morgan fingerprint density at radius 1 is 1.32 bits per heavy atom. The number of carbonyl (C=O) groups is 1. The van der Waals surface area contributed by atoms with Crippen LogP contribution in [0.3, 0.4) is 0 Å². The summed E-state index contributed by atoms with van der Waals surface area (Å²) in [5.41, 5.74) is 0.757. The number of benzene rings is 1. The average Bonchev–Trinajstić information content (AvgIpc) is 3.10. The Hall–Kier alpha value is -2.93. The van der Waals surface area contributed by atoms with E-state index >= 15 is 4.39 Å². The summed E-state index contributed by atoms with van der Waals surface area (Å²) in [6, 6.07) is 7.84. The van der Waals surface area contributed by atoms with Crippen molar-refractivity contribution in [3.8, 4) is 5.75 Å². The number of hydrogen-bond acceptors (Lipinski definition) is 10. The van der Waals surface area contributed by atoms with Gasteiger partial charge in [0.2, 0.25) is 5.67 Å². The van der Waals surface area contributed by atoms with Crippen molar-refractivity contribution in [1.82, 2.24) is 9.55 Å². The van der Waals surface area contributed by atoms with Crippen molar-refractivity contribution in [1.29, 1.82) is 0 Å². The lowest BCUT2D eigenvalue weighted by atomic mass is 9.97. The van der Waals surface area contributed by atoms with Gasteiger partial charge in [-0.15, -0.1) is 0 Å². The Bertz CT molecular complexity index is 1230. The number of nitrogens with zero attached hydrogens (tertiary/aromatic N) is 2. The number of alkyl halides is 2. The fourth-order valence-electron chi connectivity index (χ4n) is 3.71. The van der Waals surface area contributed by atoms with E-state index < -0.39 is 86.5 Å². The van der Waals surface area contributed by atoms with Gasteiger partial charge < -0.3 is 24.8 Å². The highest BCUT2D eigenvalue weighted by molar-refractivity contribution is 7.54. The third-order valence-corrected chi connectivity index (χ3v) is 7.65. The highest BCUT2D eigenvalue weighted by Gasteiger charge is 2.59. The van der Waals surface area contributed by atoms with E-state index in [1.807, 2.05) is 0 Å². The Labute approximate surface area is 216 Å². The van der Waals surface area contributed by atoms with Gasteiger partial charge in [-0.3, -0.25) is 13.9 Å². The number of rotatable bonds is 11. The van der Waals surface area contributed by atoms with Crippen LogP contribution in [0.25, 0.3) is 0 Å². The quantitative estimate of drug-likeness (QED) is 0.308. The van der Waals surface area contributed by atoms with Gasteiger partial charge in [0.05, 0.1) is 31.0 Å². The first-order chi connectivity index (χ1) is 17.8. The highest BCUT2D eigenvalue weighted by atomic mass is 31.2. The van der Waals surface area contributed by atoms with Gasteiger partial charge in [-0.2, -0.15) is 4.98 Å². The van der Waals surface area contributed by atoms with Crippen molar-refractivity contribution in [2.24, 2.45) is 5.92 Å². The molecule has 1 aliphatic rings. The molecule has 1 fully saturated rings. The van der Waals surface area contributed by atoms with Gasteiger partial charge in [-0.1, -0.05) is 25.1 Å². The summed E-state index contributed by atoms with van der Waals surface area (Å²) in [5, 5.41) is 10.5. The molecule has 11 nitrogen and oxygen atoms in total. The molecule has 1 unspecified atom stereocenters. The minimum Gasteiger partial charge on any atom is -0.463 e. The summed E-state index contributed by atoms with van der Waals surface area (Å²) in [6.07, 6.45) is -6.50. The fraction of sp³-hybridized carbons (Fsp3) is 0.522. The molecule has 15 heteroatoms. The summed E-state index contributed by atoms with van der Waals surface area (Å²) < 4.78 is 78.8. The van der Waals surface area contributed by atoms with Crippen LogP contribution in [-0.2, 0) is 23.4 Å². The molecule has 0 amide bonds. The molecule has 2 aromatic rings. The van der Waals surface area contributed by atoms with E-state index in [-0.39, 0.29) is 5.75 Å². The molecular formula is C23H29F3N3O8P. The largest absolute Gasteiger partial charge is 0.463 e. The highest BCUT2D eigenvalue weighted by Crippen LogP contribution is 2.51. The lowest BCUT2D eigenvalue weighted by Crippen LogP contribution is -2.47. The molecule has 0 spiro atoms. The monoisotopic (exact) mass is 563 g/mol. The molecule has 0 bridgehead atoms. The number of ether oxygens (including phenoxy) is 2. The van der Waals surface area contributed by atoms with Gasteiger partial charge >= 0.3 is 19.3 Å². The Morgan fingerprint density at radius 2 is 1.97 bits per heavy atom. The summed E-state index contributed by atoms with van der Waals surface area (Å²) in [6.45, 7) is 2.08. The number of carbonyl (C=O) groups excluding carboxylic acids is 1. The van der Waals surface area contributed by atoms with Crippen molar-refractivity contribution in [2.75, 3.05) is 25.2 Å². The van der Waals surface area contributed by atoms with Crippen molar-refractivity contribution in [3.63, 3.8) is 0 Å². The zero-order valence-electron chi connectivity index (χ0n) is 20.8. The van der Waals surface area contributed by atoms with Crippen LogP contribution in [0.5, 0.6) is 5.75 Å². The smallest absolute Gasteiger partial charge is 0.380 e. The van der Waals surface area contributed by atoms with Crippen LogP contribution in [0.15, 0.2) is 41.3 Å². The third kappa shape index (κ3) is 6.55. The number of aliphatic hydroxyl groups excluding tert-OH is 1. The van der Waals surface area contributed by atoms with Crippen molar-refractivity contribution in [2.45, 2.75) is 51.0 Å². The summed E-state index contributed by atoms with van der Waals surface area (Å²) >= 11 is 0. The molecule has 3 N–H and O–H groups in total. The molecule has 38 heavy (non-hydrogen) atoms. The lowest BCUT2D eigenvalue weighted by molar-refractivity contribution is -0.151. The van der Waals surface area contributed by atoms with E-state index in [1.165, 1.54) is 19.1 Å². The van der Waals surface area contributed by atoms with Crippen LogP contribution in [0.1, 0.15) is 27.0 Å². The molecule has 2 heterocycles. The molecule has 0 aliphatic carbocycles. The van der Waals surface area contributed by atoms with Crippen LogP contribution in [-0.4, -0.2) is 64.1 Å². The zero-order valence-corrected chi connectivity index (χ0v) is 21.7. The number of para-hydroxylation sites is 1. The van der Waals surface area contributed by atoms with E-state index in [1.54, 1.807) is 32.0 Å². The number of hydrogen-bond donors (Lipinski definition) is 2. The van der Waals surface area contributed by atoms with E-state index in [2.05, 4.69) is 4.98 Å². The van der Waals surface area contributed by atoms with Gasteiger partial charge in [-0.25, -0.2) is 22.5 Å². The standard InChI is InChI=1S/C23H29F3N3O8P/c1-13(2)35-20(31)14(3)11-38(33,37-15-7-5-4-6-8-15)34-10-17-18(30)23(26,12-24)21(36-17)29-9-16(25)19(27)28-22(29)32/h4-9,13-14,17-18,21,30H,10-12H2,1-3H3,(H2,27,28,32)/t14-,17-,18+,21-,23?,38-/m1/s1. The van der Waals surface area contributed by atoms with E-state index in [0.29, 0.717) is 10.8 Å². The number of aliphatic hydroxyl groups is 1. The SMILES string of the molecule is CC(C)OC(=O)[C@H](C)C[P@@](=O)(OC[C@H]1O[C@@H](n2cc(F)c(N)nc2=O)C(F)(CF)[C@H]1O)Oc1ccccc1. The summed E-state index contributed by atoms with van der Waals surface area (Å²) in [7, 11) is -4.21. The maximum Gasteiger partial charge on any atom is 0.380 e. The van der Waals surface area contributed by atoms with Crippen LogP contribution < -0.4 is 15.9 Å². The van der Waals surface area contributed by atoms with Gasteiger partial charge in [0.25, 0.3) is 0 Å². The molecule has 1 aromatic heterocycles. The molecule has 0 radical (unpaired) electrons. The zero-order chi connectivity index (χ0) is 28.3. The first kappa shape index (κ1) is 29.6. The minimum absolute atomic E-state index is 0.129. The normalized spacial score (nSPS) is 25.6. The van der Waals surface area contributed by atoms with Gasteiger partial charge in [0, 0.05) is 0 Å². The fourth-order valence-corrected chi connectivity index (χ4v) is 5.58. The molecule has 1 saturated heterocycles. The summed E-state index contributed by atoms with van der Waals surface area (Å²) in [5.74, 6) is -3.47. The van der Waals surface area contributed by atoms with Crippen molar-refractivity contribution >= 4 is 19.4 Å². The molecule has 210 valence electrons. The van der Waals surface area contributed by atoms with Crippen molar-refractivity contribution < 1.29 is 46.2 Å². The molecule has 6 atom stereocenters. The maximum absolute atomic E-state index is 15.5. The molecule has 1 aromatic carbocycles. The van der Waals surface area contributed by atoms with Crippen LogP contribution in [0, 0.1) is 11.7 Å². The number of halogens is 3. The molecule has 0 saturated carbocycles. The van der Waals surface area contributed by atoms with E-state index in [9.17, 15) is 28.0 Å². The topological polar surface area (TPSA) is 152 Å². The first-order valence-corrected chi connectivity index (χ1v) is 13.3. The van der Waals surface area contributed by atoms with Gasteiger partial charge in [0.1, 0.15) is 24.6 Å². The second-order valence-corrected chi connectivity index (χ2v) is 11.1. The second kappa shape index (κ2) is 11.9. The number of aromatic nitrogens is 2. The van der Waals surface area contributed by atoms with Crippen LogP contribution in [0.4, 0.5) is 19.0 Å². The maximum atomic E-state index is 15.5. The average molecular weight is 563 g/mol. The minimum atomic E-state index is -4.21. The predicted molar refractivity (Wildman–Crippen MR) is 128 cm³/mol. The van der Waals surface area contributed by atoms with Gasteiger partial charge in [-0.05, 0) is 26.0 Å². The number of nitrogen functional groups attached to an aromatic ring is 1. The number of nitrogens with two attached hydrogens (primary N) is 1. The van der Waals surface area contributed by atoms with E-state index in [0.717, 1.165) is 0 Å². The Balaban J connectivity index is 1.84. The second-order valence-electron chi connectivity index (χ2n) is 9.08. The molecular weight excluding hydrogens is 534 g/mol. The van der Waals surface area contributed by atoms with Crippen molar-refractivity contribution in [3.05, 3.63) is 52.8 Å².